The summed E-state index contributed by atoms with van der Waals surface area (Å²) >= 11 is 5.38. The summed E-state index contributed by atoms with van der Waals surface area (Å²) in [5, 5.41) is 7.28. The summed E-state index contributed by atoms with van der Waals surface area (Å²) in [7, 11) is 0. The van der Waals surface area contributed by atoms with Crippen LogP contribution in [-0.2, 0) is 6.54 Å². The van der Waals surface area contributed by atoms with Gasteiger partial charge in [0.1, 0.15) is 0 Å². The first-order valence-electron chi connectivity index (χ1n) is 6.80. The fraction of sp³-hybridized carbons (Fsp3) is 0.500. The molecule has 0 bridgehead atoms. The third-order valence-electron chi connectivity index (χ3n) is 3.91. The number of H-pyrrole nitrogens is 1. The van der Waals surface area contributed by atoms with E-state index in [1.165, 1.54) is 25.7 Å². The highest BCUT2D eigenvalue weighted by Gasteiger charge is 2.42. The van der Waals surface area contributed by atoms with Crippen LogP contribution < -0.4 is 0 Å². The van der Waals surface area contributed by atoms with Crippen molar-refractivity contribution in [2.45, 2.75) is 39.2 Å². The molecule has 19 heavy (non-hydrogen) atoms. The number of pyridine rings is 1. The molecule has 0 radical (unpaired) electrons. The van der Waals surface area contributed by atoms with E-state index in [0.29, 0.717) is 10.2 Å². The molecule has 0 atom stereocenters. The van der Waals surface area contributed by atoms with Gasteiger partial charge in [0.2, 0.25) is 0 Å². The number of aromatic amines is 1. The number of nitrogens with one attached hydrogen (secondary N) is 1. The molecule has 0 aliphatic heterocycles. The van der Waals surface area contributed by atoms with E-state index in [0.717, 1.165) is 17.9 Å². The summed E-state index contributed by atoms with van der Waals surface area (Å²) in [6.07, 6.45) is 8.72. The van der Waals surface area contributed by atoms with Crippen molar-refractivity contribution in [1.82, 2.24) is 19.7 Å². The third-order valence-corrected chi connectivity index (χ3v) is 4.22. The molecule has 1 N–H and O–H groups in total. The van der Waals surface area contributed by atoms with Gasteiger partial charge in [-0.05, 0) is 49.0 Å². The molecule has 4 nitrogen and oxygen atoms in total. The van der Waals surface area contributed by atoms with Crippen LogP contribution in [0, 0.1) is 10.2 Å². The molecule has 0 amide bonds. The highest BCUT2D eigenvalue weighted by Crippen LogP contribution is 2.51. The molecule has 0 spiro atoms. The second kappa shape index (κ2) is 4.89. The Labute approximate surface area is 117 Å². The van der Waals surface area contributed by atoms with E-state index in [2.05, 4.69) is 26.7 Å². The summed E-state index contributed by atoms with van der Waals surface area (Å²) in [5.74, 6) is 0.903. The maximum absolute atomic E-state index is 5.38. The number of nitrogens with zero attached hydrogens (tertiary/aromatic N) is 3. The number of hydrogen-bond donors (Lipinski definition) is 1. The average Bonchev–Trinajstić information content (AvgIpc) is 3.09. The van der Waals surface area contributed by atoms with Crippen LogP contribution in [0.2, 0.25) is 0 Å². The van der Waals surface area contributed by atoms with Crippen molar-refractivity contribution >= 4 is 12.2 Å². The second-order valence-electron chi connectivity index (χ2n) is 5.43. The van der Waals surface area contributed by atoms with Crippen molar-refractivity contribution in [3.05, 3.63) is 29.3 Å². The summed E-state index contributed by atoms with van der Waals surface area (Å²) < 4.78 is 2.84. The molecular weight excluding hydrogens is 256 g/mol. The molecule has 1 aliphatic rings. The molecule has 2 aromatic heterocycles. The highest BCUT2D eigenvalue weighted by molar-refractivity contribution is 7.71. The number of aromatic nitrogens is 4. The van der Waals surface area contributed by atoms with Crippen molar-refractivity contribution in [1.29, 1.82) is 0 Å². The number of rotatable bonds is 5. The Morgan fingerprint density at radius 2 is 2.32 bits per heavy atom. The van der Waals surface area contributed by atoms with Crippen LogP contribution in [0.25, 0.3) is 11.4 Å². The van der Waals surface area contributed by atoms with Crippen molar-refractivity contribution in [2.75, 3.05) is 0 Å². The predicted molar refractivity (Wildman–Crippen MR) is 77.2 cm³/mol. The van der Waals surface area contributed by atoms with Gasteiger partial charge in [-0.1, -0.05) is 13.3 Å². The molecule has 2 aromatic rings. The lowest BCUT2D eigenvalue weighted by atomic mass is 10.0. The van der Waals surface area contributed by atoms with E-state index in [1.54, 1.807) is 6.20 Å². The molecule has 2 heterocycles. The van der Waals surface area contributed by atoms with Crippen molar-refractivity contribution in [3.8, 4) is 11.4 Å². The molecule has 5 heteroatoms. The largest absolute Gasteiger partial charge is 0.300 e. The zero-order valence-corrected chi connectivity index (χ0v) is 11.9. The van der Waals surface area contributed by atoms with Crippen LogP contribution in [0.15, 0.2) is 24.5 Å². The lowest BCUT2D eigenvalue weighted by molar-refractivity contribution is 0.387. The minimum atomic E-state index is 0.452. The van der Waals surface area contributed by atoms with Gasteiger partial charge in [-0.15, -0.1) is 0 Å². The van der Waals surface area contributed by atoms with Crippen LogP contribution in [0.4, 0.5) is 0 Å². The maximum atomic E-state index is 5.38. The molecule has 3 rings (SSSR count). The van der Waals surface area contributed by atoms with E-state index in [9.17, 15) is 0 Å². The van der Waals surface area contributed by atoms with Crippen molar-refractivity contribution in [2.24, 2.45) is 5.41 Å². The fourth-order valence-electron chi connectivity index (χ4n) is 2.71. The summed E-state index contributed by atoms with van der Waals surface area (Å²) in [6, 6.07) is 3.95. The third kappa shape index (κ3) is 2.47. The normalized spacial score (nSPS) is 16.5. The van der Waals surface area contributed by atoms with Gasteiger partial charge in [-0.2, -0.15) is 5.10 Å². The minimum absolute atomic E-state index is 0.452. The molecule has 0 aromatic carbocycles. The molecule has 100 valence electrons. The van der Waals surface area contributed by atoms with Gasteiger partial charge in [0.05, 0.1) is 0 Å². The SMILES string of the molecule is CCCC1(Cn2c(-c3cccnc3)n[nH]c2=S)CC1. The monoisotopic (exact) mass is 274 g/mol. The van der Waals surface area contributed by atoms with Crippen LogP contribution in [-0.4, -0.2) is 19.7 Å². The van der Waals surface area contributed by atoms with E-state index >= 15 is 0 Å². The van der Waals surface area contributed by atoms with Crippen LogP contribution in [0.5, 0.6) is 0 Å². The molecule has 1 fully saturated rings. The fourth-order valence-corrected chi connectivity index (χ4v) is 2.91. The first kappa shape index (κ1) is 12.5. The van der Waals surface area contributed by atoms with Gasteiger partial charge in [-0.3, -0.25) is 14.6 Å². The lowest BCUT2D eigenvalue weighted by Gasteiger charge is -2.16. The smallest absolute Gasteiger partial charge is 0.195 e. The Hall–Kier alpha value is -1.49. The first-order valence-corrected chi connectivity index (χ1v) is 7.20. The van der Waals surface area contributed by atoms with E-state index in [1.807, 2.05) is 18.3 Å². The Morgan fingerprint density at radius 1 is 1.47 bits per heavy atom. The zero-order chi connectivity index (χ0) is 13.3. The Balaban J connectivity index is 1.94. The Kier molecular flexibility index (Phi) is 3.22. The molecule has 1 aliphatic carbocycles. The van der Waals surface area contributed by atoms with Gasteiger partial charge < -0.3 is 0 Å². The van der Waals surface area contributed by atoms with Crippen LogP contribution >= 0.6 is 12.2 Å². The summed E-state index contributed by atoms with van der Waals surface area (Å²) in [5.41, 5.74) is 1.47. The lowest BCUT2D eigenvalue weighted by Crippen LogP contribution is -2.13. The summed E-state index contributed by atoms with van der Waals surface area (Å²) in [4.78, 5) is 4.16. The van der Waals surface area contributed by atoms with Crippen molar-refractivity contribution < 1.29 is 0 Å². The van der Waals surface area contributed by atoms with Crippen molar-refractivity contribution in [3.63, 3.8) is 0 Å². The molecule has 0 saturated heterocycles. The number of hydrogen-bond acceptors (Lipinski definition) is 3. The molecular formula is C14H18N4S. The van der Waals surface area contributed by atoms with E-state index in [-0.39, 0.29) is 0 Å². The Morgan fingerprint density at radius 3 is 2.95 bits per heavy atom. The van der Waals surface area contributed by atoms with Crippen LogP contribution in [0.1, 0.15) is 32.6 Å². The maximum Gasteiger partial charge on any atom is 0.195 e. The molecule has 1 saturated carbocycles. The van der Waals surface area contributed by atoms with Gasteiger partial charge in [0.15, 0.2) is 10.6 Å². The standard InChI is InChI=1S/C14H18N4S/c1-2-5-14(6-7-14)10-18-12(16-17-13(18)19)11-4-3-8-15-9-11/h3-4,8-9H,2,5-7,10H2,1H3,(H,17,19). The predicted octanol–water partition coefficient (Wildman–Crippen LogP) is 3.58. The highest BCUT2D eigenvalue weighted by atomic mass is 32.1. The van der Waals surface area contributed by atoms with E-state index < -0.39 is 0 Å². The second-order valence-corrected chi connectivity index (χ2v) is 5.82. The van der Waals surface area contributed by atoms with Gasteiger partial charge in [-0.25, -0.2) is 0 Å². The van der Waals surface area contributed by atoms with E-state index in [4.69, 9.17) is 12.2 Å². The minimum Gasteiger partial charge on any atom is -0.300 e. The first-order chi connectivity index (χ1) is 9.24. The van der Waals surface area contributed by atoms with Gasteiger partial charge in [0.25, 0.3) is 0 Å². The quantitative estimate of drug-likeness (QED) is 0.848. The van der Waals surface area contributed by atoms with Gasteiger partial charge >= 0.3 is 0 Å². The van der Waals surface area contributed by atoms with Gasteiger partial charge in [0, 0.05) is 24.5 Å². The zero-order valence-electron chi connectivity index (χ0n) is 11.1. The molecule has 0 unspecified atom stereocenters. The topological polar surface area (TPSA) is 46.5 Å². The summed E-state index contributed by atoms with van der Waals surface area (Å²) in [6.45, 7) is 3.22. The van der Waals surface area contributed by atoms with Crippen LogP contribution in [0.3, 0.4) is 0 Å². The Bertz CT molecular complexity index is 610. The average molecular weight is 274 g/mol.